The largest absolute Gasteiger partial charge is 0.493 e. The highest BCUT2D eigenvalue weighted by Gasteiger charge is 2.13. The van der Waals surface area contributed by atoms with Crippen molar-refractivity contribution in [2.24, 2.45) is 5.10 Å². The van der Waals surface area contributed by atoms with Gasteiger partial charge in [0.25, 0.3) is 11.8 Å². The molecule has 0 aliphatic rings. The zero-order valence-electron chi connectivity index (χ0n) is 18.9. The molecular weight excluding hydrogens is 565 g/mol. The molecule has 180 valence electrons. The number of carbonyl (C=O) groups is 3. The molecule has 0 radical (unpaired) electrons. The first-order chi connectivity index (χ1) is 16.9. The number of hydrogen-bond acceptors (Lipinski definition) is 7. The van der Waals surface area contributed by atoms with E-state index in [1.54, 1.807) is 48.5 Å². The van der Waals surface area contributed by atoms with E-state index in [2.05, 4.69) is 38.4 Å². The predicted octanol–water partition coefficient (Wildman–Crippen LogP) is 3.41. The minimum Gasteiger partial charge on any atom is -0.493 e. The Labute approximate surface area is 215 Å². The summed E-state index contributed by atoms with van der Waals surface area (Å²) in [5, 5.41) is 6.42. The van der Waals surface area contributed by atoms with Crippen LogP contribution in [0.5, 0.6) is 17.2 Å². The summed E-state index contributed by atoms with van der Waals surface area (Å²) in [6.45, 7) is -0.216. The van der Waals surface area contributed by atoms with E-state index in [0.717, 1.165) is 3.57 Å². The van der Waals surface area contributed by atoms with Crippen molar-refractivity contribution < 1.29 is 28.6 Å². The topological polar surface area (TPSA) is 115 Å². The van der Waals surface area contributed by atoms with Gasteiger partial charge in [0.15, 0.2) is 11.5 Å². The highest BCUT2D eigenvalue weighted by molar-refractivity contribution is 14.1. The van der Waals surface area contributed by atoms with Crippen molar-refractivity contribution in [3.05, 3.63) is 87.0 Å². The van der Waals surface area contributed by atoms with Crippen LogP contribution in [0.4, 0.5) is 0 Å². The molecule has 0 heterocycles. The van der Waals surface area contributed by atoms with E-state index in [1.807, 2.05) is 12.1 Å². The van der Waals surface area contributed by atoms with Gasteiger partial charge in [0.1, 0.15) is 5.75 Å². The number of esters is 1. The van der Waals surface area contributed by atoms with Crippen molar-refractivity contribution in [3.8, 4) is 17.2 Å². The fourth-order valence-electron chi connectivity index (χ4n) is 2.87. The third kappa shape index (κ3) is 7.27. The normalized spacial score (nSPS) is 10.5. The molecule has 10 heteroatoms. The van der Waals surface area contributed by atoms with Crippen LogP contribution in [0.15, 0.2) is 71.8 Å². The molecule has 2 amide bonds. The van der Waals surface area contributed by atoms with Gasteiger partial charge < -0.3 is 19.5 Å². The molecular formula is C25H22IN3O6. The molecule has 3 aromatic rings. The molecule has 0 fully saturated rings. The molecule has 2 N–H and O–H groups in total. The third-order valence-corrected chi connectivity index (χ3v) is 5.58. The smallest absolute Gasteiger partial charge is 0.343 e. The Morgan fingerprint density at radius 1 is 0.943 bits per heavy atom. The molecule has 0 aromatic heterocycles. The Bertz CT molecular complexity index is 1240. The lowest BCUT2D eigenvalue weighted by molar-refractivity contribution is -0.120. The first kappa shape index (κ1) is 25.7. The van der Waals surface area contributed by atoms with Crippen LogP contribution in [0.1, 0.15) is 26.3 Å². The van der Waals surface area contributed by atoms with Gasteiger partial charge in [-0.3, -0.25) is 9.59 Å². The Hall–Kier alpha value is -3.93. The summed E-state index contributed by atoms with van der Waals surface area (Å²) in [6, 6.07) is 18.4. The second kappa shape index (κ2) is 12.5. The lowest BCUT2D eigenvalue weighted by Gasteiger charge is -2.09. The van der Waals surface area contributed by atoms with Crippen LogP contribution in [-0.2, 0) is 4.79 Å². The van der Waals surface area contributed by atoms with E-state index in [9.17, 15) is 14.4 Å². The minimum atomic E-state index is -0.549. The zero-order chi connectivity index (χ0) is 25.2. The fraction of sp³-hybridized carbons (Fsp3) is 0.120. The van der Waals surface area contributed by atoms with Crippen LogP contribution in [0, 0.1) is 3.57 Å². The molecule has 0 aliphatic heterocycles. The Morgan fingerprint density at radius 3 is 2.34 bits per heavy atom. The number of halogens is 1. The second-order valence-electron chi connectivity index (χ2n) is 6.98. The summed E-state index contributed by atoms with van der Waals surface area (Å²) < 4.78 is 16.5. The summed E-state index contributed by atoms with van der Waals surface area (Å²) in [5.74, 6) is -0.0949. The Morgan fingerprint density at radius 2 is 1.66 bits per heavy atom. The number of hydrazone groups is 1. The van der Waals surface area contributed by atoms with Crippen molar-refractivity contribution in [3.63, 3.8) is 0 Å². The predicted molar refractivity (Wildman–Crippen MR) is 138 cm³/mol. The van der Waals surface area contributed by atoms with Crippen molar-refractivity contribution >= 4 is 46.6 Å². The van der Waals surface area contributed by atoms with Crippen molar-refractivity contribution in [1.29, 1.82) is 0 Å². The highest BCUT2D eigenvalue weighted by Crippen LogP contribution is 2.28. The molecule has 0 spiro atoms. The van der Waals surface area contributed by atoms with Crippen molar-refractivity contribution in [2.45, 2.75) is 0 Å². The molecule has 0 unspecified atom stereocenters. The van der Waals surface area contributed by atoms with Crippen LogP contribution in [0.3, 0.4) is 0 Å². The maximum absolute atomic E-state index is 12.4. The minimum absolute atomic E-state index is 0.216. The van der Waals surface area contributed by atoms with Gasteiger partial charge in [0.05, 0.1) is 38.1 Å². The lowest BCUT2D eigenvalue weighted by atomic mass is 10.2. The van der Waals surface area contributed by atoms with E-state index in [-0.39, 0.29) is 12.5 Å². The summed E-state index contributed by atoms with van der Waals surface area (Å²) in [5.41, 5.74) is 3.82. The highest BCUT2D eigenvalue weighted by atomic mass is 127. The quantitative estimate of drug-likeness (QED) is 0.130. The van der Waals surface area contributed by atoms with Crippen LogP contribution in [-0.4, -0.2) is 44.8 Å². The molecule has 0 atom stereocenters. The number of amides is 2. The maximum atomic E-state index is 12.4. The lowest BCUT2D eigenvalue weighted by Crippen LogP contribution is -2.35. The van der Waals surface area contributed by atoms with Gasteiger partial charge >= 0.3 is 5.97 Å². The molecule has 0 bridgehead atoms. The molecule has 0 saturated heterocycles. The monoisotopic (exact) mass is 587 g/mol. The number of benzene rings is 3. The number of methoxy groups -OCH3 is 2. The van der Waals surface area contributed by atoms with Crippen LogP contribution in [0.25, 0.3) is 0 Å². The van der Waals surface area contributed by atoms with Gasteiger partial charge in [-0.15, -0.1) is 0 Å². The standard InChI is InChI=1S/C25H22IN3O6/c1-33-21-12-9-17(13-22(21)34-2)25(32)35-18-10-7-16(8-11-18)14-28-29-23(30)15-27-24(31)19-5-3-4-6-20(19)26/h3-14H,15H2,1-2H3,(H,27,31)(H,29,30)/b28-14+. The fourth-order valence-corrected chi connectivity index (χ4v) is 3.50. The van der Waals surface area contributed by atoms with Gasteiger partial charge in [0.2, 0.25) is 0 Å². The summed E-state index contributed by atoms with van der Waals surface area (Å²) in [7, 11) is 2.99. The average molecular weight is 587 g/mol. The van der Waals surface area contributed by atoms with Gasteiger partial charge in [-0.25, -0.2) is 10.2 Å². The first-order valence-corrected chi connectivity index (χ1v) is 11.4. The number of nitrogens with one attached hydrogen (secondary N) is 2. The SMILES string of the molecule is COc1ccc(C(=O)Oc2ccc(/C=N/NC(=O)CNC(=O)c3ccccc3I)cc2)cc1OC. The van der Waals surface area contributed by atoms with Crippen molar-refractivity contribution in [2.75, 3.05) is 20.8 Å². The van der Waals surface area contributed by atoms with Crippen LogP contribution < -0.4 is 25.0 Å². The summed E-state index contributed by atoms with van der Waals surface area (Å²) in [6.07, 6.45) is 1.43. The maximum Gasteiger partial charge on any atom is 0.343 e. The summed E-state index contributed by atoms with van der Waals surface area (Å²) >= 11 is 2.06. The van der Waals surface area contributed by atoms with E-state index >= 15 is 0 Å². The van der Waals surface area contributed by atoms with E-state index in [1.165, 1.54) is 26.5 Å². The van der Waals surface area contributed by atoms with E-state index in [4.69, 9.17) is 14.2 Å². The third-order valence-electron chi connectivity index (χ3n) is 4.64. The number of carbonyl (C=O) groups excluding carboxylic acids is 3. The van der Waals surface area contributed by atoms with E-state index < -0.39 is 11.9 Å². The second-order valence-corrected chi connectivity index (χ2v) is 8.15. The number of rotatable bonds is 9. The van der Waals surface area contributed by atoms with Crippen molar-refractivity contribution in [1.82, 2.24) is 10.7 Å². The van der Waals surface area contributed by atoms with Crippen LogP contribution in [0.2, 0.25) is 0 Å². The Balaban J connectivity index is 1.48. The number of ether oxygens (including phenoxy) is 3. The zero-order valence-corrected chi connectivity index (χ0v) is 21.1. The van der Waals surface area contributed by atoms with Crippen LogP contribution >= 0.6 is 22.6 Å². The van der Waals surface area contributed by atoms with Gasteiger partial charge in [-0.05, 0) is 82.8 Å². The average Bonchev–Trinajstić information content (AvgIpc) is 2.88. The summed E-state index contributed by atoms with van der Waals surface area (Å²) in [4.78, 5) is 36.5. The molecule has 0 aliphatic carbocycles. The number of hydrogen-bond donors (Lipinski definition) is 2. The first-order valence-electron chi connectivity index (χ1n) is 10.3. The molecule has 9 nitrogen and oxygen atoms in total. The molecule has 3 rings (SSSR count). The number of nitrogens with zero attached hydrogens (tertiary/aromatic N) is 1. The molecule has 3 aromatic carbocycles. The van der Waals surface area contributed by atoms with E-state index in [0.29, 0.717) is 33.9 Å². The molecule has 35 heavy (non-hydrogen) atoms. The van der Waals surface area contributed by atoms with Gasteiger partial charge in [0, 0.05) is 3.57 Å². The Kier molecular flexibility index (Phi) is 9.18. The molecule has 0 saturated carbocycles. The van der Waals surface area contributed by atoms with Gasteiger partial charge in [-0.1, -0.05) is 12.1 Å². The van der Waals surface area contributed by atoms with Gasteiger partial charge in [-0.2, -0.15) is 5.10 Å².